The maximum absolute atomic E-state index is 12.3. The van der Waals surface area contributed by atoms with Gasteiger partial charge in [0.25, 0.3) is 5.91 Å². The fourth-order valence-corrected chi connectivity index (χ4v) is 2.88. The predicted octanol–water partition coefficient (Wildman–Crippen LogP) is 3.25. The Morgan fingerprint density at radius 3 is 2.40 bits per heavy atom. The van der Waals surface area contributed by atoms with Gasteiger partial charge in [0.15, 0.2) is 6.10 Å². The van der Waals surface area contributed by atoms with Gasteiger partial charge in [0.1, 0.15) is 6.10 Å². The zero-order valence-corrected chi connectivity index (χ0v) is 13.8. The number of hydrogen-bond acceptors (Lipinski definition) is 4. The monoisotopic (exact) mass is 340 g/mol. The van der Waals surface area contributed by atoms with Crippen molar-refractivity contribution in [1.29, 1.82) is 0 Å². The highest BCUT2D eigenvalue weighted by Gasteiger charge is 2.40. The number of carbonyl (C=O) groups is 2. The molecule has 1 heterocycles. The van der Waals surface area contributed by atoms with Crippen LogP contribution in [0.1, 0.15) is 13.3 Å². The van der Waals surface area contributed by atoms with Gasteiger partial charge in [0.05, 0.1) is 0 Å². The van der Waals surface area contributed by atoms with E-state index in [4.69, 9.17) is 9.84 Å². The van der Waals surface area contributed by atoms with E-state index in [1.165, 1.54) is 0 Å². The molecule has 1 aliphatic heterocycles. The molecule has 3 atom stereocenters. The molecule has 0 saturated carbocycles. The molecule has 0 radical (unpaired) electrons. The molecular weight excluding hydrogens is 320 g/mol. The maximum Gasteiger partial charge on any atom is 0.333 e. The van der Waals surface area contributed by atoms with Crippen LogP contribution in [0.25, 0.3) is 0 Å². The lowest BCUT2D eigenvalue weighted by atomic mass is 10.0. The number of anilines is 3. The van der Waals surface area contributed by atoms with Crippen molar-refractivity contribution in [1.82, 2.24) is 0 Å². The topological polar surface area (TPSA) is 87.7 Å². The smallest absolute Gasteiger partial charge is 0.333 e. The Kier molecular flexibility index (Phi) is 5.00. The molecule has 130 valence electrons. The molecule has 0 aliphatic carbocycles. The molecule has 0 unspecified atom stereocenters. The largest absolute Gasteiger partial charge is 0.479 e. The second kappa shape index (κ2) is 7.36. The van der Waals surface area contributed by atoms with Crippen LogP contribution in [0, 0.1) is 5.92 Å². The summed E-state index contributed by atoms with van der Waals surface area (Å²) in [7, 11) is 0. The van der Waals surface area contributed by atoms with Crippen LogP contribution in [-0.4, -0.2) is 29.2 Å². The molecule has 3 N–H and O–H groups in total. The first-order chi connectivity index (χ1) is 12.0. The molecular formula is C19H20N2O4. The SMILES string of the molecule is C[C@@H]1C[C@H](C(=O)Nc2cccc(Nc3ccccc3)c2)O[C@H]1C(=O)O. The summed E-state index contributed by atoms with van der Waals surface area (Å²) in [5.74, 6) is -1.55. The number of hydrogen-bond donors (Lipinski definition) is 3. The Balaban J connectivity index is 1.64. The third-order valence-electron chi connectivity index (χ3n) is 4.14. The molecule has 2 aromatic carbocycles. The van der Waals surface area contributed by atoms with Gasteiger partial charge in [0, 0.05) is 17.1 Å². The van der Waals surface area contributed by atoms with Gasteiger partial charge in [-0.1, -0.05) is 31.2 Å². The van der Waals surface area contributed by atoms with Crippen molar-refractivity contribution >= 4 is 28.9 Å². The number of ether oxygens (including phenoxy) is 1. The van der Waals surface area contributed by atoms with E-state index in [0.29, 0.717) is 12.1 Å². The van der Waals surface area contributed by atoms with Crippen molar-refractivity contribution in [3.8, 4) is 0 Å². The molecule has 0 bridgehead atoms. The standard InChI is InChI=1S/C19H20N2O4/c1-12-10-16(25-17(12)19(23)24)18(22)21-15-9-5-8-14(11-15)20-13-6-3-2-4-7-13/h2-9,11-12,16-17,20H,10H2,1H3,(H,21,22)(H,23,24)/t12-,16-,17-/m1/s1. The first-order valence-corrected chi connectivity index (χ1v) is 8.14. The average Bonchev–Trinajstić information content (AvgIpc) is 2.98. The van der Waals surface area contributed by atoms with E-state index in [1.54, 1.807) is 13.0 Å². The molecule has 1 saturated heterocycles. The molecule has 25 heavy (non-hydrogen) atoms. The number of nitrogens with one attached hydrogen (secondary N) is 2. The summed E-state index contributed by atoms with van der Waals surface area (Å²) < 4.78 is 5.37. The molecule has 0 spiro atoms. The van der Waals surface area contributed by atoms with Crippen LogP contribution < -0.4 is 10.6 Å². The fraction of sp³-hybridized carbons (Fsp3) is 0.263. The van der Waals surface area contributed by atoms with E-state index >= 15 is 0 Å². The van der Waals surface area contributed by atoms with Crippen molar-refractivity contribution in [2.75, 3.05) is 10.6 Å². The zero-order valence-electron chi connectivity index (χ0n) is 13.8. The van der Waals surface area contributed by atoms with Crippen molar-refractivity contribution in [2.45, 2.75) is 25.6 Å². The number of carboxylic acid groups (broad SMARTS) is 1. The Morgan fingerprint density at radius 2 is 1.72 bits per heavy atom. The predicted molar refractivity (Wildman–Crippen MR) is 94.9 cm³/mol. The summed E-state index contributed by atoms with van der Waals surface area (Å²) in [5, 5.41) is 15.1. The van der Waals surface area contributed by atoms with Gasteiger partial charge in [-0.25, -0.2) is 4.79 Å². The Hall–Kier alpha value is -2.86. The lowest BCUT2D eigenvalue weighted by molar-refractivity contribution is -0.152. The van der Waals surface area contributed by atoms with Gasteiger partial charge < -0.3 is 20.5 Å². The second-order valence-electron chi connectivity index (χ2n) is 6.16. The minimum absolute atomic E-state index is 0.195. The van der Waals surface area contributed by atoms with Gasteiger partial charge in [-0.05, 0) is 42.7 Å². The van der Waals surface area contributed by atoms with E-state index < -0.39 is 18.2 Å². The summed E-state index contributed by atoms with van der Waals surface area (Å²) in [5.41, 5.74) is 2.41. The molecule has 2 aromatic rings. The molecule has 1 fully saturated rings. The van der Waals surface area contributed by atoms with Crippen molar-refractivity contribution in [3.05, 3.63) is 54.6 Å². The van der Waals surface area contributed by atoms with Gasteiger partial charge in [-0.2, -0.15) is 0 Å². The molecule has 0 aromatic heterocycles. The summed E-state index contributed by atoms with van der Waals surface area (Å²) in [4.78, 5) is 23.4. The highest BCUT2D eigenvalue weighted by Crippen LogP contribution is 2.27. The number of carboxylic acids is 1. The fourth-order valence-electron chi connectivity index (χ4n) is 2.88. The molecule has 1 aliphatic rings. The summed E-state index contributed by atoms with van der Waals surface area (Å²) in [6.07, 6.45) is -1.28. The second-order valence-corrected chi connectivity index (χ2v) is 6.16. The lowest BCUT2D eigenvalue weighted by Crippen LogP contribution is -2.30. The molecule has 6 heteroatoms. The van der Waals surface area contributed by atoms with Gasteiger partial charge >= 0.3 is 5.97 Å². The summed E-state index contributed by atoms with van der Waals surface area (Å²) in [6, 6.07) is 17.0. The minimum atomic E-state index is -1.03. The Labute approximate surface area is 145 Å². The van der Waals surface area contributed by atoms with Crippen molar-refractivity contribution in [2.24, 2.45) is 5.92 Å². The summed E-state index contributed by atoms with van der Waals surface area (Å²) >= 11 is 0. The Morgan fingerprint density at radius 1 is 1.04 bits per heavy atom. The van der Waals surface area contributed by atoms with Crippen LogP contribution >= 0.6 is 0 Å². The molecule has 6 nitrogen and oxygen atoms in total. The van der Waals surface area contributed by atoms with E-state index in [1.807, 2.05) is 48.5 Å². The van der Waals surface area contributed by atoms with Crippen LogP contribution in [0.15, 0.2) is 54.6 Å². The van der Waals surface area contributed by atoms with Gasteiger partial charge in [-0.3, -0.25) is 4.79 Å². The number of para-hydroxylation sites is 1. The maximum atomic E-state index is 12.3. The van der Waals surface area contributed by atoms with Gasteiger partial charge in [-0.15, -0.1) is 0 Å². The zero-order chi connectivity index (χ0) is 17.8. The third-order valence-corrected chi connectivity index (χ3v) is 4.14. The van der Waals surface area contributed by atoms with Crippen LogP contribution in [-0.2, 0) is 14.3 Å². The number of rotatable bonds is 5. The quantitative estimate of drug-likeness (QED) is 0.778. The van der Waals surface area contributed by atoms with Crippen LogP contribution in [0.3, 0.4) is 0 Å². The molecule has 3 rings (SSSR count). The van der Waals surface area contributed by atoms with Crippen molar-refractivity contribution < 1.29 is 19.4 Å². The first kappa shape index (κ1) is 17.0. The molecule has 1 amide bonds. The van der Waals surface area contributed by atoms with E-state index in [9.17, 15) is 9.59 Å². The average molecular weight is 340 g/mol. The van der Waals surface area contributed by atoms with E-state index in [-0.39, 0.29) is 11.8 Å². The normalized spacial score (nSPS) is 22.4. The van der Waals surface area contributed by atoms with Crippen LogP contribution in [0.4, 0.5) is 17.1 Å². The number of benzene rings is 2. The number of amides is 1. The lowest BCUT2D eigenvalue weighted by Gasteiger charge is -2.13. The van der Waals surface area contributed by atoms with Crippen molar-refractivity contribution in [3.63, 3.8) is 0 Å². The Bertz CT molecular complexity index is 763. The van der Waals surface area contributed by atoms with E-state index in [0.717, 1.165) is 11.4 Å². The first-order valence-electron chi connectivity index (χ1n) is 8.14. The minimum Gasteiger partial charge on any atom is -0.479 e. The number of aliphatic carboxylic acids is 1. The highest BCUT2D eigenvalue weighted by molar-refractivity contribution is 5.95. The number of carbonyl (C=O) groups excluding carboxylic acids is 1. The van der Waals surface area contributed by atoms with Crippen LogP contribution in [0.5, 0.6) is 0 Å². The van der Waals surface area contributed by atoms with E-state index in [2.05, 4.69) is 10.6 Å². The van der Waals surface area contributed by atoms with Crippen LogP contribution in [0.2, 0.25) is 0 Å². The van der Waals surface area contributed by atoms with Gasteiger partial charge in [0.2, 0.25) is 0 Å². The third kappa shape index (κ3) is 4.16. The summed E-state index contributed by atoms with van der Waals surface area (Å²) in [6.45, 7) is 1.77. The highest BCUT2D eigenvalue weighted by atomic mass is 16.5.